The van der Waals surface area contributed by atoms with E-state index < -0.39 is 6.04 Å². The van der Waals surface area contributed by atoms with Crippen molar-refractivity contribution in [3.63, 3.8) is 0 Å². The van der Waals surface area contributed by atoms with Crippen LogP contribution in [-0.4, -0.2) is 28.1 Å². The quantitative estimate of drug-likeness (QED) is 0.841. The number of anilines is 1. The molecule has 0 radical (unpaired) electrons. The van der Waals surface area contributed by atoms with E-state index in [1.807, 2.05) is 31.2 Å². The van der Waals surface area contributed by atoms with Crippen LogP contribution in [0.2, 0.25) is 0 Å². The molecule has 0 aliphatic heterocycles. The largest absolute Gasteiger partial charge is 0.344 e. The summed E-state index contributed by atoms with van der Waals surface area (Å²) in [7, 11) is 0. The number of aromatic nitrogens is 2. The van der Waals surface area contributed by atoms with Crippen LogP contribution in [0, 0.1) is 12.8 Å². The van der Waals surface area contributed by atoms with Crippen LogP contribution in [0.3, 0.4) is 0 Å². The number of carbonyl (C=O) groups is 2. The molecule has 1 heterocycles. The Balaban J connectivity index is 1.56. The standard InChI is InChI=1S/C19H24N4O2S/c1-12-7-6-10-15(11-12)18-22-23-19(26-18)21-16(24)13(2)20-17(25)14-8-4-3-5-9-14/h6-7,10-11,13-14H,3-5,8-9H2,1-2H3,(H,20,25)(H,21,23,24). The number of benzene rings is 1. The molecule has 1 aliphatic carbocycles. The number of carbonyl (C=O) groups excluding carboxylic acids is 2. The number of hydrogen-bond donors (Lipinski definition) is 2. The van der Waals surface area contributed by atoms with Crippen molar-refractivity contribution in [1.82, 2.24) is 15.5 Å². The number of amides is 2. The summed E-state index contributed by atoms with van der Waals surface area (Å²) in [4.78, 5) is 24.6. The summed E-state index contributed by atoms with van der Waals surface area (Å²) in [5.41, 5.74) is 2.11. The minimum absolute atomic E-state index is 0.0231. The van der Waals surface area contributed by atoms with Crippen molar-refractivity contribution in [1.29, 1.82) is 0 Å². The summed E-state index contributed by atoms with van der Waals surface area (Å²) >= 11 is 1.32. The minimum Gasteiger partial charge on any atom is -0.344 e. The molecule has 1 fully saturated rings. The molecule has 1 aliphatic rings. The van der Waals surface area contributed by atoms with Crippen LogP contribution in [-0.2, 0) is 9.59 Å². The first-order valence-corrected chi connectivity index (χ1v) is 9.86. The summed E-state index contributed by atoms with van der Waals surface area (Å²) in [6.07, 6.45) is 5.20. The Hall–Kier alpha value is -2.28. The maximum atomic E-state index is 12.3. The van der Waals surface area contributed by atoms with Gasteiger partial charge in [0.05, 0.1) is 0 Å². The van der Waals surface area contributed by atoms with E-state index in [0.29, 0.717) is 5.13 Å². The Labute approximate surface area is 157 Å². The average Bonchev–Trinajstić information content (AvgIpc) is 3.11. The molecular weight excluding hydrogens is 348 g/mol. The van der Waals surface area contributed by atoms with Gasteiger partial charge >= 0.3 is 0 Å². The van der Waals surface area contributed by atoms with E-state index in [4.69, 9.17) is 0 Å². The van der Waals surface area contributed by atoms with E-state index in [-0.39, 0.29) is 17.7 Å². The summed E-state index contributed by atoms with van der Waals surface area (Å²) in [6, 6.07) is 7.37. The molecule has 0 saturated heterocycles. The number of nitrogens with zero attached hydrogens (tertiary/aromatic N) is 2. The molecule has 1 aromatic heterocycles. The molecule has 2 aromatic rings. The highest BCUT2D eigenvalue weighted by Gasteiger charge is 2.24. The molecule has 1 atom stereocenters. The van der Waals surface area contributed by atoms with Gasteiger partial charge in [-0.1, -0.05) is 54.4 Å². The van der Waals surface area contributed by atoms with Crippen molar-refractivity contribution in [2.45, 2.75) is 52.0 Å². The van der Waals surface area contributed by atoms with Gasteiger partial charge in [0.15, 0.2) is 0 Å². The molecule has 3 rings (SSSR count). The van der Waals surface area contributed by atoms with Crippen LogP contribution in [0.25, 0.3) is 10.6 Å². The van der Waals surface area contributed by atoms with Gasteiger partial charge in [-0.25, -0.2) is 0 Å². The second kappa shape index (κ2) is 8.40. The third-order valence-electron chi connectivity index (χ3n) is 4.65. The molecule has 2 amide bonds. The van der Waals surface area contributed by atoms with E-state index in [1.165, 1.54) is 17.8 Å². The van der Waals surface area contributed by atoms with Crippen molar-refractivity contribution >= 4 is 28.3 Å². The summed E-state index contributed by atoms with van der Waals surface area (Å²) in [5.74, 6) is -0.264. The molecule has 2 N–H and O–H groups in total. The van der Waals surface area contributed by atoms with Crippen molar-refractivity contribution in [3.8, 4) is 10.6 Å². The predicted octanol–water partition coefficient (Wildman–Crippen LogP) is 3.54. The number of hydrogen-bond acceptors (Lipinski definition) is 5. The predicted molar refractivity (Wildman–Crippen MR) is 103 cm³/mol. The van der Waals surface area contributed by atoms with Gasteiger partial charge < -0.3 is 5.32 Å². The summed E-state index contributed by atoms with van der Waals surface area (Å²) < 4.78 is 0. The monoisotopic (exact) mass is 372 g/mol. The fourth-order valence-electron chi connectivity index (χ4n) is 3.14. The van der Waals surface area contributed by atoms with Crippen LogP contribution < -0.4 is 10.6 Å². The summed E-state index contributed by atoms with van der Waals surface area (Å²) in [6.45, 7) is 3.71. The molecule has 6 nitrogen and oxygen atoms in total. The Morgan fingerprint density at radius 1 is 1.19 bits per heavy atom. The zero-order valence-electron chi connectivity index (χ0n) is 15.1. The SMILES string of the molecule is Cc1cccc(-c2nnc(NC(=O)C(C)NC(=O)C3CCCCC3)s2)c1. The van der Waals surface area contributed by atoms with Crippen molar-refractivity contribution < 1.29 is 9.59 Å². The van der Waals surface area contributed by atoms with E-state index in [1.54, 1.807) is 6.92 Å². The maximum absolute atomic E-state index is 12.3. The van der Waals surface area contributed by atoms with Crippen LogP contribution in [0.4, 0.5) is 5.13 Å². The van der Waals surface area contributed by atoms with E-state index in [2.05, 4.69) is 20.8 Å². The van der Waals surface area contributed by atoms with Gasteiger partial charge in [0, 0.05) is 11.5 Å². The van der Waals surface area contributed by atoms with Crippen molar-refractivity contribution in [2.24, 2.45) is 5.92 Å². The topological polar surface area (TPSA) is 84.0 Å². The number of aryl methyl sites for hydroxylation is 1. The molecule has 26 heavy (non-hydrogen) atoms. The lowest BCUT2D eigenvalue weighted by Crippen LogP contribution is -2.44. The second-order valence-electron chi connectivity index (χ2n) is 6.84. The van der Waals surface area contributed by atoms with E-state index >= 15 is 0 Å². The summed E-state index contributed by atoms with van der Waals surface area (Å²) in [5, 5.41) is 14.9. The molecular formula is C19H24N4O2S. The van der Waals surface area contributed by atoms with E-state index in [0.717, 1.165) is 41.8 Å². The van der Waals surface area contributed by atoms with Gasteiger partial charge in [0.2, 0.25) is 16.9 Å². The van der Waals surface area contributed by atoms with Gasteiger partial charge in [-0.2, -0.15) is 0 Å². The van der Waals surface area contributed by atoms with Crippen molar-refractivity contribution in [2.75, 3.05) is 5.32 Å². The third-order valence-corrected chi connectivity index (χ3v) is 5.54. The normalized spacial score (nSPS) is 16.1. The Morgan fingerprint density at radius 3 is 2.69 bits per heavy atom. The van der Waals surface area contributed by atoms with Crippen LogP contribution in [0.5, 0.6) is 0 Å². The third kappa shape index (κ3) is 4.66. The average molecular weight is 372 g/mol. The van der Waals surface area contributed by atoms with Gasteiger partial charge in [-0.3, -0.25) is 14.9 Å². The number of nitrogens with one attached hydrogen (secondary N) is 2. The smallest absolute Gasteiger partial charge is 0.248 e. The fraction of sp³-hybridized carbons (Fsp3) is 0.474. The zero-order valence-corrected chi connectivity index (χ0v) is 15.9. The minimum atomic E-state index is -0.601. The van der Waals surface area contributed by atoms with Gasteiger partial charge in [0.1, 0.15) is 11.0 Å². The van der Waals surface area contributed by atoms with Gasteiger partial charge in [-0.05, 0) is 32.8 Å². The first-order valence-electron chi connectivity index (χ1n) is 9.04. The van der Waals surface area contributed by atoms with Crippen molar-refractivity contribution in [3.05, 3.63) is 29.8 Å². The Morgan fingerprint density at radius 2 is 1.96 bits per heavy atom. The Kier molecular flexibility index (Phi) is 5.98. The van der Waals surface area contributed by atoms with Crippen LogP contribution in [0.15, 0.2) is 24.3 Å². The molecule has 0 bridgehead atoms. The first-order chi connectivity index (χ1) is 12.5. The highest BCUT2D eigenvalue weighted by molar-refractivity contribution is 7.18. The van der Waals surface area contributed by atoms with Gasteiger partial charge in [-0.15, -0.1) is 10.2 Å². The lowest BCUT2D eigenvalue weighted by molar-refractivity contribution is -0.129. The lowest BCUT2D eigenvalue weighted by Gasteiger charge is -2.22. The first kappa shape index (κ1) is 18.5. The van der Waals surface area contributed by atoms with Gasteiger partial charge in [0.25, 0.3) is 0 Å². The molecule has 138 valence electrons. The molecule has 0 spiro atoms. The van der Waals surface area contributed by atoms with Crippen LogP contribution >= 0.6 is 11.3 Å². The van der Waals surface area contributed by atoms with Crippen LogP contribution in [0.1, 0.15) is 44.6 Å². The molecule has 7 heteroatoms. The highest BCUT2D eigenvalue weighted by Crippen LogP contribution is 2.27. The molecule has 1 aromatic carbocycles. The maximum Gasteiger partial charge on any atom is 0.248 e. The fourth-order valence-corrected chi connectivity index (χ4v) is 3.89. The number of rotatable bonds is 5. The second-order valence-corrected chi connectivity index (χ2v) is 7.81. The van der Waals surface area contributed by atoms with E-state index in [9.17, 15) is 9.59 Å². The molecule has 1 unspecified atom stereocenters. The Bertz CT molecular complexity index is 783. The lowest BCUT2D eigenvalue weighted by atomic mass is 9.88. The molecule has 1 saturated carbocycles. The highest BCUT2D eigenvalue weighted by atomic mass is 32.1. The zero-order chi connectivity index (χ0) is 18.5.